The smallest absolute Gasteiger partial charge is 0.328 e. The average Bonchev–Trinajstić information content (AvgIpc) is 3.71. The number of carbonyl (C=O) groups excluding carboxylic acids is 9. The molecule has 0 radical (unpaired) electrons. The summed E-state index contributed by atoms with van der Waals surface area (Å²) in [6.07, 6.45) is 2.39. The minimum absolute atomic E-state index is 0.0354. The van der Waals surface area contributed by atoms with E-state index in [1.54, 1.807) is 0 Å². The Hall–Kier alpha value is -5.80. The number of hydrogen-bond acceptors (Lipinski definition) is 15. The van der Waals surface area contributed by atoms with Crippen LogP contribution >= 0.6 is 11.8 Å². The van der Waals surface area contributed by atoms with Crippen LogP contribution in [0.15, 0.2) is 4.99 Å². The van der Waals surface area contributed by atoms with E-state index < -0.39 is 128 Å². The Labute approximate surface area is 355 Å². The number of carbonyl (C=O) groups is 10. The van der Waals surface area contributed by atoms with E-state index in [1.807, 2.05) is 11.6 Å². The maximum absolute atomic E-state index is 13.4. The zero-order chi connectivity index (χ0) is 46.2. The standard InChI is InChI=1S/C34H59N13O13S/c1-17(27(53)46-22(16-49)33(59)60)42-31(57)21(15-48)43-25(51)13-40-32(58)23-6-4-11-47(23)26(52)14-41-29(55)20(7-8-24(36)50)45-30(56)19(5-3-10-39-34(37)38)44-28(54)18(35)9-12-61-2/h17-23,48-49H,3-16,35H2,1-2H3,(H2,36,50)(H,40,58)(H,41,55)(H,42,57)(H,43,51)(H,44,54)(H,45,56)(H,46,53)(H,59,60)(H4,37,38,39)/t17-,18-,19-,20-,21-,22-,23-/m0/s1. The Balaban J connectivity index is 2.89. The van der Waals surface area contributed by atoms with Crippen molar-refractivity contribution in [3.63, 3.8) is 0 Å². The van der Waals surface area contributed by atoms with E-state index >= 15 is 0 Å². The Morgan fingerprint density at radius 1 is 0.754 bits per heavy atom. The van der Waals surface area contributed by atoms with Crippen LogP contribution in [0.2, 0.25) is 0 Å². The number of thioether (sulfide) groups is 1. The van der Waals surface area contributed by atoms with E-state index in [4.69, 9.17) is 33.1 Å². The maximum Gasteiger partial charge on any atom is 0.328 e. The molecular formula is C34H59N13O13S. The molecular weight excluding hydrogens is 831 g/mol. The number of nitrogens with two attached hydrogens (primary N) is 4. The van der Waals surface area contributed by atoms with Crippen molar-refractivity contribution >= 4 is 76.9 Å². The van der Waals surface area contributed by atoms with Gasteiger partial charge >= 0.3 is 5.97 Å². The summed E-state index contributed by atoms with van der Waals surface area (Å²) in [7, 11) is 0. The van der Waals surface area contributed by atoms with E-state index in [1.165, 1.54) is 18.7 Å². The quantitative estimate of drug-likeness (QED) is 0.0197. The predicted molar refractivity (Wildman–Crippen MR) is 217 cm³/mol. The summed E-state index contributed by atoms with van der Waals surface area (Å²) < 4.78 is 0. The number of aliphatic hydroxyl groups excluding tert-OH is 2. The number of nitrogens with one attached hydrogen (secondary N) is 7. The van der Waals surface area contributed by atoms with Crippen molar-refractivity contribution < 1.29 is 63.3 Å². The topological polar surface area (TPSA) is 435 Å². The molecule has 9 amide bonds. The third-order valence-corrected chi connectivity index (χ3v) is 9.60. The third kappa shape index (κ3) is 19.9. The van der Waals surface area contributed by atoms with E-state index in [0.717, 1.165) is 4.90 Å². The number of aliphatic carboxylic acids is 1. The fourth-order valence-electron chi connectivity index (χ4n) is 5.57. The summed E-state index contributed by atoms with van der Waals surface area (Å²) in [5.74, 6) is -8.61. The second-order valence-electron chi connectivity index (χ2n) is 13.8. The van der Waals surface area contributed by atoms with Crippen LogP contribution in [0.25, 0.3) is 0 Å². The van der Waals surface area contributed by atoms with Gasteiger partial charge in [0, 0.05) is 19.5 Å². The van der Waals surface area contributed by atoms with Crippen LogP contribution in [0, 0.1) is 0 Å². The highest BCUT2D eigenvalue weighted by atomic mass is 32.2. The van der Waals surface area contributed by atoms with Gasteiger partial charge < -0.3 is 80.4 Å². The zero-order valence-electron chi connectivity index (χ0n) is 34.0. The lowest BCUT2D eigenvalue weighted by atomic mass is 10.1. The predicted octanol–water partition coefficient (Wildman–Crippen LogP) is -7.88. The van der Waals surface area contributed by atoms with Gasteiger partial charge in [-0.2, -0.15) is 11.8 Å². The summed E-state index contributed by atoms with van der Waals surface area (Å²) in [5.41, 5.74) is 22.0. The number of aliphatic hydroxyl groups is 2. The van der Waals surface area contributed by atoms with Crippen LogP contribution in [0.3, 0.4) is 0 Å². The van der Waals surface area contributed by atoms with Gasteiger partial charge in [-0.3, -0.25) is 48.1 Å². The Morgan fingerprint density at radius 2 is 1.36 bits per heavy atom. The van der Waals surface area contributed by atoms with Crippen LogP contribution in [-0.4, -0.2) is 179 Å². The highest BCUT2D eigenvalue weighted by Crippen LogP contribution is 2.17. The molecule has 1 fully saturated rings. The Bertz CT molecular complexity index is 1600. The molecule has 0 aromatic heterocycles. The molecule has 7 atom stereocenters. The third-order valence-electron chi connectivity index (χ3n) is 8.96. The molecule has 0 saturated carbocycles. The van der Waals surface area contributed by atoms with E-state index in [-0.39, 0.29) is 51.2 Å². The van der Waals surface area contributed by atoms with E-state index in [2.05, 4.69) is 36.9 Å². The normalized spacial score (nSPS) is 16.2. The number of carboxylic acid groups (broad SMARTS) is 1. The van der Waals surface area contributed by atoms with Crippen LogP contribution in [0.5, 0.6) is 0 Å². The molecule has 0 spiro atoms. The van der Waals surface area contributed by atoms with Crippen molar-refractivity contribution in [1.82, 2.24) is 42.1 Å². The molecule has 26 nitrogen and oxygen atoms in total. The molecule has 27 heteroatoms. The lowest BCUT2D eigenvalue weighted by Gasteiger charge is -2.26. The molecule has 61 heavy (non-hydrogen) atoms. The number of aliphatic imine (C=N–C) groups is 1. The van der Waals surface area contributed by atoms with Gasteiger partial charge in [-0.15, -0.1) is 0 Å². The number of primary amides is 1. The summed E-state index contributed by atoms with van der Waals surface area (Å²) >= 11 is 1.47. The minimum atomic E-state index is -1.64. The molecule has 0 aliphatic carbocycles. The first-order chi connectivity index (χ1) is 28.7. The molecule has 344 valence electrons. The number of nitrogens with zero attached hydrogens (tertiary/aromatic N) is 2. The van der Waals surface area contributed by atoms with E-state index in [0.29, 0.717) is 18.6 Å². The van der Waals surface area contributed by atoms with Crippen molar-refractivity contribution in [2.45, 2.75) is 94.2 Å². The fraction of sp³-hybridized carbons (Fsp3) is 0.676. The molecule has 0 aromatic rings. The summed E-state index contributed by atoms with van der Waals surface area (Å²) in [6.45, 7) is -1.78. The molecule has 1 aliphatic heterocycles. The number of guanidine groups is 1. The summed E-state index contributed by atoms with van der Waals surface area (Å²) in [6, 6.07) is -9.16. The monoisotopic (exact) mass is 889 g/mol. The number of hydrogen-bond donors (Lipinski definition) is 14. The number of likely N-dealkylation sites (tertiary alicyclic amines) is 1. The van der Waals surface area contributed by atoms with Gasteiger partial charge in [-0.05, 0) is 57.5 Å². The number of rotatable bonds is 28. The summed E-state index contributed by atoms with van der Waals surface area (Å²) in [4.78, 5) is 131. The van der Waals surface area contributed by atoms with Gasteiger partial charge in [0.25, 0.3) is 0 Å². The fourth-order valence-corrected chi connectivity index (χ4v) is 6.06. The van der Waals surface area contributed by atoms with Gasteiger partial charge in [0.1, 0.15) is 36.3 Å². The van der Waals surface area contributed by atoms with Crippen LogP contribution in [-0.2, 0) is 47.9 Å². The Kier molecular flexibility index (Phi) is 24.3. The van der Waals surface area contributed by atoms with Gasteiger partial charge in [0.15, 0.2) is 5.96 Å². The van der Waals surface area contributed by atoms with Crippen molar-refractivity contribution in [2.24, 2.45) is 27.9 Å². The van der Waals surface area contributed by atoms with Crippen molar-refractivity contribution in [1.29, 1.82) is 0 Å². The van der Waals surface area contributed by atoms with Crippen LogP contribution in [0.1, 0.15) is 51.9 Å². The Morgan fingerprint density at radius 3 is 1.95 bits per heavy atom. The van der Waals surface area contributed by atoms with Crippen LogP contribution < -0.4 is 60.2 Å². The van der Waals surface area contributed by atoms with Crippen molar-refractivity contribution in [3.8, 4) is 0 Å². The van der Waals surface area contributed by atoms with Gasteiger partial charge in [-0.25, -0.2) is 4.79 Å². The van der Waals surface area contributed by atoms with Crippen molar-refractivity contribution in [3.05, 3.63) is 0 Å². The minimum Gasteiger partial charge on any atom is -0.480 e. The largest absolute Gasteiger partial charge is 0.480 e. The highest BCUT2D eigenvalue weighted by Gasteiger charge is 2.35. The van der Waals surface area contributed by atoms with E-state index in [9.17, 15) is 53.1 Å². The van der Waals surface area contributed by atoms with Gasteiger partial charge in [-0.1, -0.05) is 0 Å². The first-order valence-electron chi connectivity index (χ1n) is 19.1. The van der Waals surface area contributed by atoms with Gasteiger partial charge in [0.2, 0.25) is 53.2 Å². The molecule has 1 saturated heterocycles. The molecule has 0 bridgehead atoms. The SMILES string of the molecule is CSCC[C@H](N)C(=O)N[C@@H](CCCN=C(N)N)C(=O)N[C@@H](CCC(N)=O)C(=O)NCC(=O)N1CCC[C@H]1C(=O)NCC(=O)N[C@@H](CO)C(=O)N[C@@H](C)C(=O)N[C@@H](CO)C(=O)O. The van der Waals surface area contributed by atoms with Crippen LogP contribution in [0.4, 0.5) is 0 Å². The maximum atomic E-state index is 13.4. The molecule has 18 N–H and O–H groups in total. The lowest BCUT2D eigenvalue weighted by Crippen LogP contribution is -2.57. The van der Waals surface area contributed by atoms with Gasteiger partial charge in [0.05, 0.1) is 32.3 Å². The first-order valence-corrected chi connectivity index (χ1v) is 20.5. The summed E-state index contributed by atoms with van der Waals surface area (Å²) in [5, 5.41) is 43.8. The second-order valence-corrected chi connectivity index (χ2v) is 14.7. The first kappa shape index (κ1) is 53.2. The number of carboxylic acids is 1. The molecule has 1 heterocycles. The lowest BCUT2D eigenvalue weighted by molar-refractivity contribution is -0.143. The molecule has 0 unspecified atom stereocenters. The molecule has 0 aromatic carbocycles. The zero-order valence-corrected chi connectivity index (χ0v) is 34.8. The van der Waals surface area contributed by atoms with Crippen molar-refractivity contribution in [2.75, 3.05) is 51.4 Å². The average molecular weight is 890 g/mol. The number of amides is 9. The molecule has 1 aliphatic rings. The molecule has 1 rings (SSSR count). The highest BCUT2D eigenvalue weighted by molar-refractivity contribution is 7.98. The second kappa shape index (κ2) is 27.9.